The fourth-order valence-electron chi connectivity index (χ4n) is 6.17. The van der Waals surface area contributed by atoms with Gasteiger partial charge in [0, 0.05) is 18.0 Å². The van der Waals surface area contributed by atoms with Crippen molar-refractivity contribution in [2.45, 2.75) is 67.7 Å². The highest BCUT2D eigenvalue weighted by Gasteiger charge is 2.72. The van der Waals surface area contributed by atoms with Crippen LogP contribution < -0.4 is 4.74 Å². The molecule has 0 saturated carbocycles. The van der Waals surface area contributed by atoms with Gasteiger partial charge in [0.15, 0.2) is 35.9 Å². The van der Waals surface area contributed by atoms with Crippen LogP contribution in [0.4, 0.5) is 0 Å². The Balaban J connectivity index is 1.44. The monoisotopic (exact) mass is 505 g/mol. The van der Waals surface area contributed by atoms with E-state index in [0.717, 1.165) is 12.5 Å². The van der Waals surface area contributed by atoms with E-state index >= 15 is 0 Å². The molecule has 5 N–H and O–H groups in total. The first-order valence-electron chi connectivity index (χ1n) is 11.6. The molecule has 4 aliphatic rings. The summed E-state index contributed by atoms with van der Waals surface area (Å²) in [7, 11) is 1.92. The fourth-order valence-corrected chi connectivity index (χ4v) is 6.17. The van der Waals surface area contributed by atoms with Gasteiger partial charge in [0.05, 0.1) is 11.0 Å². The number of ether oxygens (including phenoxy) is 3. The van der Waals surface area contributed by atoms with Crippen LogP contribution in [0.25, 0.3) is 0 Å². The zero-order chi connectivity index (χ0) is 26.2. The molecule has 2 aliphatic carbocycles. The van der Waals surface area contributed by atoms with E-state index < -0.39 is 53.3 Å². The molecule has 0 amide bonds. The summed E-state index contributed by atoms with van der Waals surface area (Å²) in [6, 6.07) is 3.05. The molecule has 1 spiro atoms. The summed E-state index contributed by atoms with van der Waals surface area (Å²) in [4.78, 5) is 37.6. The van der Waals surface area contributed by atoms with Gasteiger partial charge >= 0.3 is 17.9 Å². The third-order valence-electron chi connectivity index (χ3n) is 7.99. The van der Waals surface area contributed by atoms with Crippen molar-refractivity contribution in [2.75, 3.05) is 13.6 Å². The number of aliphatic carboxylic acids is 1. The van der Waals surface area contributed by atoms with E-state index in [4.69, 9.17) is 14.6 Å². The van der Waals surface area contributed by atoms with Crippen LogP contribution in [0.15, 0.2) is 24.0 Å². The molecule has 12 nitrogen and oxygen atoms in total. The number of hydrogen-bond acceptors (Lipinski definition) is 11. The Labute approximate surface area is 205 Å². The largest absolute Gasteiger partial charge is 0.504 e. The van der Waals surface area contributed by atoms with Gasteiger partial charge in [0.2, 0.25) is 0 Å². The average molecular weight is 505 g/mol. The van der Waals surface area contributed by atoms with E-state index in [9.17, 15) is 34.8 Å². The SMILES string of the molecule is C[C@H](OC(=O)[C@H](O)[C@@H](O)C(=O)OC1=CC[C@@]2(O)[C@H]3Cc4ccc(O)c5c4[C@@]2(CCN3C)[C@H]1O5)C(=O)O. The number of carboxylic acids is 1. The molecule has 1 aromatic rings. The number of likely N-dealkylation sites (tertiary alicyclic amines) is 1. The van der Waals surface area contributed by atoms with E-state index in [0.29, 0.717) is 24.9 Å². The second-order valence-corrected chi connectivity index (χ2v) is 9.83. The van der Waals surface area contributed by atoms with Gasteiger partial charge in [-0.3, -0.25) is 0 Å². The maximum absolute atomic E-state index is 12.7. The number of phenolic OH excluding ortho intramolecular Hbond substituents is 1. The van der Waals surface area contributed by atoms with Crippen LogP contribution >= 0.6 is 0 Å². The van der Waals surface area contributed by atoms with Crippen molar-refractivity contribution in [1.82, 2.24) is 4.90 Å². The first-order valence-corrected chi connectivity index (χ1v) is 11.6. The van der Waals surface area contributed by atoms with E-state index in [2.05, 4.69) is 9.64 Å². The number of hydrogen-bond donors (Lipinski definition) is 5. The minimum absolute atomic E-state index is 0.0325. The Morgan fingerprint density at radius 3 is 2.58 bits per heavy atom. The molecule has 2 bridgehead atoms. The predicted octanol–water partition coefficient (Wildman–Crippen LogP) is -1.05. The van der Waals surface area contributed by atoms with Gasteiger partial charge in [-0.2, -0.15) is 0 Å². The Morgan fingerprint density at radius 2 is 1.89 bits per heavy atom. The van der Waals surface area contributed by atoms with Gasteiger partial charge < -0.3 is 44.6 Å². The van der Waals surface area contributed by atoms with Gasteiger partial charge in [-0.05, 0) is 51.1 Å². The normalized spacial score (nSPS) is 32.3. The molecule has 2 heterocycles. The second-order valence-electron chi connectivity index (χ2n) is 9.83. The second kappa shape index (κ2) is 8.17. The number of likely N-dealkylation sites (N-methyl/N-ethyl adjacent to an activating group) is 1. The van der Waals surface area contributed by atoms with Crippen LogP contribution in [0, 0.1) is 0 Å². The summed E-state index contributed by atoms with van der Waals surface area (Å²) in [6.07, 6.45) is -4.84. The number of aliphatic hydroxyl groups excluding tert-OH is 2. The smallest absolute Gasteiger partial charge is 0.344 e. The number of carboxylic acid groups (broad SMARTS) is 1. The van der Waals surface area contributed by atoms with Crippen LogP contribution in [0.2, 0.25) is 0 Å². The maximum atomic E-state index is 12.7. The summed E-state index contributed by atoms with van der Waals surface area (Å²) in [5.41, 5.74) is -0.741. The van der Waals surface area contributed by atoms with Crippen LogP contribution in [0.1, 0.15) is 30.9 Å². The van der Waals surface area contributed by atoms with Gasteiger partial charge in [0.25, 0.3) is 0 Å². The number of aliphatic hydroxyl groups is 3. The number of carbonyl (C=O) groups excluding carboxylic acids is 2. The van der Waals surface area contributed by atoms with Crippen molar-refractivity contribution in [2.24, 2.45) is 0 Å². The number of benzene rings is 1. The minimum Gasteiger partial charge on any atom is -0.504 e. The van der Waals surface area contributed by atoms with Crippen molar-refractivity contribution in [3.63, 3.8) is 0 Å². The Bertz CT molecular complexity index is 1180. The lowest BCUT2D eigenvalue weighted by atomic mass is 9.50. The summed E-state index contributed by atoms with van der Waals surface area (Å²) >= 11 is 0. The lowest BCUT2D eigenvalue weighted by molar-refractivity contribution is -0.182. The summed E-state index contributed by atoms with van der Waals surface area (Å²) in [5.74, 6) is -4.32. The number of rotatable bonds is 6. The molecule has 36 heavy (non-hydrogen) atoms. The van der Waals surface area contributed by atoms with Gasteiger partial charge in [-0.15, -0.1) is 0 Å². The molecular formula is C24H27NO11. The van der Waals surface area contributed by atoms with Crippen LogP contribution in [-0.4, -0.2) is 98.0 Å². The highest BCUT2D eigenvalue weighted by Crippen LogP contribution is 2.65. The molecule has 7 atom stereocenters. The van der Waals surface area contributed by atoms with E-state index in [-0.39, 0.29) is 29.7 Å². The first-order chi connectivity index (χ1) is 16.9. The number of nitrogens with zero attached hydrogens (tertiary/aromatic N) is 1. The van der Waals surface area contributed by atoms with Crippen LogP contribution in [0.3, 0.4) is 0 Å². The molecule has 0 radical (unpaired) electrons. The van der Waals surface area contributed by atoms with Gasteiger partial charge in [-0.1, -0.05) is 6.07 Å². The Hall–Kier alpha value is -3.19. The van der Waals surface area contributed by atoms with Crippen LogP contribution in [-0.2, 0) is 35.7 Å². The fraction of sp³-hybridized carbons (Fsp3) is 0.542. The third kappa shape index (κ3) is 3.18. The number of aromatic hydroxyl groups is 1. The van der Waals surface area contributed by atoms with Crippen LogP contribution in [0.5, 0.6) is 11.5 Å². The molecule has 1 saturated heterocycles. The molecule has 1 fully saturated rings. The third-order valence-corrected chi connectivity index (χ3v) is 7.99. The lowest BCUT2D eigenvalue weighted by Gasteiger charge is -2.61. The molecule has 2 aliphatic heterocycles. The number of esters is 2. The highest BCUT2D eigenvalue weighted by molar-refractivity contribution is 5.87. The highest BCUT2D eigenvalue weighted by atomic mass is 16.6. The quantitative estimate of drug-likeness (QED) is 0.296. The molecule has 0 unspecified atom stereocenters. The maximum Gasteiger partial charge on any atom is 0.344 e. The predicted molar refractivity (Wildman–Crippen MR) is 118 cm³/mol. The lowest BCUT2D eigenvalue weighted by Crippen LogP contribution is -2.74. The minimum atomic E-state index is -2.39. The van der Waals surface area contributed by atoms with Crippen molar-refractivity contribution >= 4 is 17.9 Å². The van der Waals surface area contributed by atoms with Gasteiger partial charge in [-0.25, -0.2) is 14.4 Å². The summed E-state index contributed by atoms with van der Waals surface area (Å²) in [6.45, 7) is 1.65. The average Bonchev–Trinajstić information content (AvgIpc) is 3.19. The van der Waals surface area contributed by atoms with Crippen molar-refractivity contribution in [3.8, 4) is 11.5 Å². The summed E-state index contributed by atoms with van der Waals surface area (Å²) < 4.78 is 16.0. The van der Waals surface area contributed by atoms with E-state index in [1.807, 2.05) is 7.05 Å². The van der Waals surface area contributed by atoms with E-state index in [1.165, 1.54) is 12.1 Å². The molecule has 194 valence electrons. The summed E-state index contributed by atoms with van der Waals surface area (Å²) in [5, 5.41) is 51.7. The molecule has 0 aromatic heterocycles. The number of phenols is 1. The zero-order valence-electron chi connectivity index (χ0n) is 19.6. The number of carbonyl (C=O) groups is 3. The Kier molecular flexibility index (Phi) is 5.56. The number of piperidine rings is 1. The molecule has 5 rings (SSSR count). The molecular weight excluding hydrogens is 478 g/mol. The molecule has 12 heteroatoms. The zero-order valence-corrected chi connectivity index (χ0v) is 19.6. The van der Waals surface area contributed by atoms with Gasteiger partial charge in [0.1, 0.15) is 5.76 Å². The standard InChI is InChI=1S/C24H27NO11/c1-10(20(29)30)34-21(31)16(27)17(28)22(32)35-13-5-6-24(33)14-9-11-3-4-12(26)18-15(11)23(24,19(13)36-18)7-8-25(14)2/h3-5,10,14,16-17,19,26-28,33H,6-9H2,1-2H3,(H,29,30)/t10-,14+,16+,17+,19-,23-,24+/m0/s1. The van der Waals surface area contributed by atoms with Crippen molar-refractivity contribution in [1.29, 1.82) is 0 Å². The van der Waals surface area contributed by atoms with Crippen molar-refractivity contribution < 1.29 is 54.1 Å². The first kappa shape index (κ1) is 24.5. The van der Waals surface area contributed by atoms with E-state index in [1.54, 1.807) is 6.07 Å². The molecule has 1 aromatic carbocycles. The Morgan fingerprint density at radius 1 is 1.19 bits per heavy atom. The topological polar surface area (TPSA) is 183 Å². The van der Waals surface area contributed by atoms with Crippen molar-refractivity contribution in [3.05, 3.63) is 35.1 Å².